The lowest BCUT2D eigenvalue weighted by molar-refractivity contribution is -0.134. The lowest BCUT2D eigenvalue weighted by Crippen LogP contribution is -2.48. The molecule has 2 aliphatic rings. The Kier molecular flexibility index (Phi) is 4.44. The van der Waals surface area contributed by atoms with Crippen molar-refractivity contribution in [2.45, 2.75) is 37.8 Å². The van der Waals surface area contributed by atoms with Gasteiger partial charge in [0.05, 0.1) is 6.04 Å². The van der Waals surface area contributed by atoms with Crippen molar-refractivity contribution < 1.29 is 9.53 Å². The smallest absolute Gasteiger partial charge is 0.255 e. The van der Waals surface area contributed by atoms with E-state index in [4.69, 9.17) is 4.74 Å². The van der Waals surface area contributed by atoms with Crippen LogP contribution in [-0.4, -0.2) is 47.6 Å². The molecule has 1 atom stereocenters. The normalized spacial score (nSPS) is 21.6. The molecule has 0 spiro atoms. The number of amides is 1. The van der Waals surface area contributed by atoms with Crippen LogP contribution in [0.1, 0.15) is 25.7 Å². The van der Waals surface area contributed by atoms with Crippen LogP contribution in [0.4, 0.5) is 0 Å². The first-order valence-electron chi connectivity index (χ1n) is 9.01. The van der Waals surface area contributed by atoms with Gasteiger partial charge in [-0.25, -0.2) is 0 Å². The van der Waals surface area contributed by atoms with Crippen molar-refractivity contribution in [3.05, 3.63) is 40.8 Å². The number of aromatic amines is 1. The zero-order valence-corrected chi connectivity index (χ0v) is 14.2. The van der Waals surface area contributed by atoms with Gasteiger partial charge >= 0.3 is 0 Å². The third-order valence-corrected chi connectivity index (χ3v) is 5.16. The second kappa shape index (κ2) is 6.88. The Balaban J connectivity index is 1.37. The molecule has 2 fully saturated rings. The lowest BCUT2D eigenvalue weighted by atomic mass is 10.1. The Bertz CT molecular complexity index is 818. The fourth-order valence-electron chi connectivity index (χ4n) is 3.75. The number of piperidine rings is 1. The predicted molar refractivity (Wildman–Crippen MR) is 95.8 cm³/mol. The van der Waals surface area contributed by atoms with E-state index in [0.29, 0.717) is 5.39 Å². The van der Waals surface area contributed by atoms with Gasteiger partial charge in [-0.15, -0.1) is 0 Å². The average Bonchev–Trinajstić information content (AvgIpc) is 3.17. The molecule has 25 heavy (non-hydrogen) atoms. The van der Waals surface area contributed by atoms with Crippen LogP contribution in [-0.2, 0) is 4.79 Å². The Morgan fingerprint density at radius 3 is 2.76 bits per heavy atom. The molecule has 132 valence electrons. The number of hydrogen-bond donors (Lipinski definition) is 2. The molecule has 1 amide bonds. The van der Waals surface area contributed by atoms with Gasteiger partial charge in [-0.1, -0.05) is 0 Å². The van der Waals surface area contributed by atoms with E-state index in [1.165, 1.54) is 0 Å². The summed E-state index contributed by atoms with van der Waals surface area (Å²) < 4.78 is 6.09. The molecule has 1 aromatic heterocycles. The Hall–Kier alpha value is -2.34. The number of pyridine rings is 1. The molecule has 2 aromatic rings. The van der Waals surface area contributed by atoms with Crippen molar-refractivity contribution in [1.82, 2.24) is 15.2 Å². The standard InChI is InChI=1S/C19H23N3O3/c23-18-16-4-3-15(12-13(16)5-9-21-18)25-14-6-10-22(11-7-14)19(24)17-2-1-8-20-17/h3-5,9,12,14,17,20H,1-2,6-8,10-11H2,(H,21,23)/t17-/m0/s1. The third-order valence-electron chi connectivity index (χ3n) is 5.16. The average molecular weight is 341 g/mol. The van der Waals surface area contributed by atoms with E-state index >= 15 is 0 Å². The number of benzene rings is 1. The minimum Gasteiger partial charge on any atom is -0.490 e. The van der Waals surface area contributed by atoms with Gasteiger partial charge in [-0.3, -0.25) is 9.59 Å². The summed E-state index contributed by atoms with van der Waals surface area (Å²) in [6.45, 7) is 2.44. The molecule has 2 saturated heterocycles. The van der Waals surface area contributed by atoms with Gasteiger partial charge in [0.25, 0.3) is 5.56 Å². The molecule has 6 nitrogen and oxygen atoms in total. The molecule has 2 N–H and O–H groups in total. The van der Waals surface area contributed by atoms with E-state index < -0.39 is 0 Å². The number of aromatic nitrogens is 1. The molecule has 6 heteroatoms. The lowest BCUT2D eigenvalue weighted by Gasteiger charge is -2.33. The van der Waals surface area contributed by atoms with Gasteiger partial charge in [-0.2, -0.15) is 0 Å². The topological polar surface area (TPSA) is 74.4 Å². The molecule has 4 rings (SSSR count). The fraction of sp³-hybridized carbons (Fsp3) is 0.474. The number of carbonyl (C=O) groups is 1. The first-order valence-corrected chi connectivity index (χ1v) is 9.01. The summed E-state index contributed by atoms with van der Waals surface area (Å²) in [5, 5.41) is 4.82. The molecule has 0 radical (unpaired) electrons. The molecule has 0 aliphatic carbocycles. The molecular formula is C19H23N3O3. The maximum atomic E-state index is 12.4. The van der Waals surface area contributed by atoms with Crippen LogP contribution in [0.3, 0.4) is 0 Å². The Morgan fingerprint density at radius 1 is 1.16 bits per heavy atom. The van der Waals surface area contributed by atoms with E-state index in [1.807, 2.05) is 23.1 Å². The van der Waals surface area contributed by atoms with Crippen molar-refractivity contribution in [1.29, 1.82) is 0 Å². The van der Waals surface area contributed by atoms with Crippen LogP contribution in [0, 0.1) is 0 Å². The number of fused-ring (bicyclic) bond motifs is 1. The number of carbonyl (C=O) groups excluding carboxylic acids is 1. The highest BCUT2D eigenvalue weighted by Gasteiger charge is 2.30. The van der Waals surface area contributed by atoms with Crippen molar-refractivity contribution in [3.8, 4) is 5.75 Å². The summed E-state index contributed by atoms with van der Waals surface area (Å²) >= 11 is 0. The van der Waals surface area contributed by atoms with Crippen molar-refractivity contribution in [3.63, 3.8) is 0 Å². The van der Waals surface area contributed by atoms with Gasteiger partial charge in [0.2, 0.25) is 5.91 Å². The first-order chi connectivity index (χ1) is 12.2. The Labute approximate surface area is 146 Å². The number of H-pyrrole nitrogens is 1. The van der Waals surface area contributed by atoms with Crippen LogP contribution >= 0.6 is 0 Å². The highest BCUT2D eigenvalue weighted by molar-refractivity contribution is 5.83. The number of ether oxygens (including phenoxy) is 1. The number of rotatable bonds is 3. The summed E-state index contributed by atoms with van der Waals surface area (Å²) in [6.07, 6.45) is 5.47. The van der Waals surface area contributed by atoms with Crippen LogP contribution < -0.4 is 15.6 Å². The van der Waals surface area contributed by atoms with Gasteiger partial charge in [-0.05, 0) is 49.0 Å². The summed E-state index contributed by atoms with van der Waals surface area (Å²) in [5.41, 5.74) is -0.0867. The van der Waals surface area contributed by atoms with E-state index in [-0.39, 0.29) is 23.6 Å². The van der Waals surface area contributed by atoms with Gasteiger partial charge in [0, 0.05) is 37.5 Å². The maximum absolute atomic E-state index is 12.4. The number of hydrogen-bond acceptors (Lipinski definition) is 4. The van der Waals surface area contributed by atoms with Crippen LogP contribution in [0.15, 0.2) is 35.3 Å². The van der Waals surface area contributed by atoms with Gasteiger partial charge in [0.15, 0.2) is 0 Å². The van der Waals surface area contributed by atoms with Crippen LogP contribution in [0.5, 0.6) is 5.75 Å². The number of likely N-dealkylation sites (tertiary alicyclic amines) is 1. The summed E-state index contributed by atoms with van der Waals surface area (Å²) in [5.74, 6) is 1.02. The largest absolute Gasteiger partial charge is 0.490 e. The van der Waals surface area contributed by atoms with E-state index in [0.717, 1.165) is 56.5 Å². The molecule has 1 aromatic carbocycles. The summed E-state index contributed by atoms with van der Waals surface area (Å²) in [4.78, 5) is 28.8. The minimum absolute atomic E-state index is 0.0102. The second-order valence-electron chi connectivity index (χ2n) is 6.85. The monoisotopic (exact) mass is 341 g/mol. The zero-order valence-electron chi connectivity index (χ0n) is 14.2. The number of nitrogens with zero attached hydrogens (tertiary/aromatic N) is 1. The maximum Gasteiger partial charge on any atom is 0.255 e. The predicted octanol–water partition coefficient (Wildman–Crippen LogP) is 1.65. The van der Waals surface area contributed by atoms with E-state index in [2.05, 4.69) is 10.3 Å². The molecule has 0 saturated carbocycles. The van der Waals surface area contributed by atoms with Gasteiger partial charge in [0.1, 0.15) is 11.9 Å². The molecule has 3 heterocycles. The second-order valence-corrected chi connectivity index (χ2v) is 6.85. The van der Waals surface area contributed by atoms with Crippen molar-refractivity contribution >= 4 is 16.7 Å². The van der Waals surface area contributed by atoms with Crippen LogP contribution in [0.2, 0.25) is 0 Å². The highest BCUT2D eigenvalue weighted by Crippen LogP contribution is 2.23. The van der Waals surface area contributed by atoms with E-state index in [1.54, 1.807) is 12.3 Å². The first kappa shape index (κ1) is 16.1. The summed E-state index contributed by atoms with van der Waals surface area (Å²) in [6, 6.07) is 7.44. The fourth-order valence-corrected chi connectivity index (χ4v) is 3.75. The minimum atomic E-state index is -0.0867. The molecular weight excluding hydrogens is 318 g/mol. The van der Waals surface area contributed by atoms with Crippen molar-refractivity contribution in [2.75, 3.05) is 19.6 Å². The molecule has 0 unspecified atom stereocenters. The van der Waals surface area contributed by atoms with Crippen molar-refractivity contribution in [2.24, 2.45) is 0 Å². The SMILES string of the molecule is O=C([C@@H]1CCCN1)N1CCC(Oc2ccc3c(=O)[nH]ccc3c2)CC1. The highest BCUT2D eigenvalue weighted by atomic mass is 16.5. The summed E-state index contributed by atoms with van der Waals surface area (Å²) in [7, 11) is 0. The zero-order chi connectivity index (χ0) is 17.2. The van der Waals surface area contributed by atoms with E-state index in [9.17, 15) is 9.59 Å². The number of nitrogens with one attached hydrogen (secondary N) is 2. The Morgan fingerprint density at radius 2 is 2.00 bits per heavy atom. The van der Waals surface area contributed by atoms with Gasteiger partial charge < -0.3 is 19.9 Å². The quantitative estimate of drug-likeness (QED) is 0.890. The molecule has 2 aliphatic heterocycles. The third kappa shape index (κ3) is 3.39. The molecule has 0 bridgehead atoms. The van der Waals surface area contributed by atoms with Crippen LogP contribution in [0.25, 0.3) is 10.8 Å².